The Morgan fingerprint density at radius 1 is 1.00 bits per heavy atom. The second kappa shape index (κ2) is 12.4. The third kappa shape index (κ3) is 8.52. The van der Waals surface area contributed by atoms with Crippen LogP contribution in [0.3, 0.4) is 0 Å². The molecule has 27 heavy (non-hydrogen) atoms. The van der Waals surface area contributed by atoms with Gasteiger partial charge in [0.1, 0.15) is 24.7 Å². The second-order valence-corrected chi connectivity index (χ2v) is 6.41. The van der Waals surface area contributed by atoms with Gasteiger partial charge in [-0.2, -0.15) is 0 Å². The lowest BCUT2D eigenvalue weighted by Gasteiger charge is -2.12. The first kappa shape index (κ1) is 23.1. The average molecular weight is 413 g/mol. The lowest BCUT2D eigenvalue weighted by molar-refractivity contribution is -0.124. The zero-order valence-corrected chi connectivity index (χ0v) is 17.1. The second-order valence-electron chi connectivity index (χ2n) is 5.97. The number of ether oxygens (including phenoxy) is 2. The molecule has 0 bridgehead atoms. The Labute approximate surface area is 171 Å². The van der Waals surface area contributed by atoms with Crippen LogP contribution in [0.25, 0.3) is 0 Å². The zero-order valence-electron chi connectivity index (χ0n) is 15.5. The van der Waals surface area contributed by atoms with Gasteiger partial charge in [0.25, 0.3) is 0 Å². The van der Waals surface area contributed by atoms with Crippen molar-refractivity contribution in [2.24, 2.45) is 5.92 Å². The minimum Gasteiger partial charge on any atom is -0.490 e. The number of halogens is 2. The molecule has 1 unspecified atom stereocenters. The van der Waals surface area contributed by atoms with Crippen LogP contribution < -0.4 is 20.1 Å². The Morgan fingerprint density at radius 3 is 2.04 bits per heavy atom. The summed E-state index contributed by atoms with van der Waals surface area (Å²) in [6, 6.07) is 14.9. The molecule has 0 radical (unpaired) electrons. The summed E-state index contributed by atoms with van der Waals surface area (Å²) in [5.74, 6) is 1.52. The maximum atomic E-state index is 11.9. The van der Waals surface area contributed by atoms with Crippen molar-refractivity contribution in [2.75, 3.05) is 26.8 Å². The number of hydrogen-bond donors (Lipinski definition) is 2. The molecule has 0 spiro atoms. The number of carbonyl (C=O) groups is 1. The van der Waals surface area contributed by atoms with E-state index in [0.29, 0.717) is 31.3 Å². The highest BCUT2D eigenvalue weighted by atomic mass is 35.5. The first-order valence-corrected chi connectivity index (χ1v) is 8.98. The van der Waals surface area contributed by atoms with Gasteiger partial charge < -0.3 is 20.1 Å². The third-order valence-electron chi connectivity index (χ3n) is 3.78. The highest BCUT2D eigenvalue weighted by molar-refractivity contribution is 6.30. The number of benzene rings is 2. The number of rotatable bonds is 10. The van der Waals surface area contributed by atoms with Gasteiger partial charge in [-0.3, -0.25) is 4.79 Å². The van der Waals surface area contributed by atoms with Gasteiger partial charge >= 0.3 is 0 Å². The molecule has 2 aromatic rings. The van der Waals surface area contributed by atoms with E-state index in [1.807, 2.05) is 50.4 Å². The molecule has 2 rings (SSSR count). The summed E-state index contributed by atoms with van der Waals surface area (Å²) in [6.45, 7) is 3.96. The maximum absolute atomic E-state index is 11.9. The van der Waals surface area contributed by atoms with Gasteiger partial charge in [-0.1, -0.05) is 30.7 Å². The zero-order chi connectivity index (χ0) is 18.8. The molecule has 0 aliphatic heterocycles. The van der Waals surface area contributed by atoms with Crippen molar-refractivity contribution >= 4 is 29.9 Å². The molecule has 0 aliphatic rings. The highest BCUT2D eigenvalue weighted by Gasteiger charge is 2.10. The maximum Gasteiger partial charge on any atom is 0.224 e. The molecule has 5 nitrogen and oxygen atoms in total. The van der Waals surface area contributed by atoms with Crippen molar-refractivity contribution in [3.63, 3.8) is 0 Å². The molecule has 1 amide bonds. The average Bonchev–Trinajstić information content (AvgIpc) is 2.66. The summed E-state index contributed by atoms with van der Waals surface area (Å²) in [6.07, 6.45) is 0. The van der Waals surface area contributed by atoms with Crippen LogP contribution in [-0.2, 0) is 11.3 Å². The van der Waals surface area contributed by atoms with E-state index >= 15 is 0 Å². The van der Waals surface area contributed by atoms with E-state index in [1.165, 1.54) is 0 Å². The van der Waals surface area contributed by atoms with Gasteiger partial charge in [-0.05, 0) is 49.0 Å². The van der Waals surface area contributed by atoms with Crippen molar-refractivity contribution in [1.29, 1.82) is 0 Å². The van der Waals surface area contributed by atoms with E-state index in [4.69, 9.17) is 21.1 Å². The first-order chi connectivity index (χ1) is 12.6. The molecule has 0 aliphatic carbocycles. The van der Waals surface area contributed by atoms with Crippen molar-refractivity contribution < 1.29 is 14.3 Å². The Hall–Kier alpha value is -1.95. The van der Waals surface area contributed by atoms with Crippen LogP contribution in [0.2, 0.25) is 5.02 Å². The highest BCUT2D eigenvalue weighted by Crippen LogP contribution is 2.16. The normalized spacial score (nSPS) is 11.2. The SMILES string of the molecule is CNCC(C)C(=O)NCc1ccc(OCCOc2ccc(Cl)cc2)cc1.Cl. The van der Waals surface area contributed by atoms with Gasteiger partial charge in [0.05, 0.1) is 0 Å². The molecule has 0 fully saturated rings. The summed E-state index contributed by atoms with van der Waals surface area (Å²) < 4.78 is 11.2. The molecule has 0 aromatic heterocycles. The van der Waals surface area contributed by atoms with Crippen molar-refractivity contribution in [1.82, 2.24) is 10.6 Å². The van der Waals surface area contributed by atoms with Crippen LogP contribution in [0.1, 0.15) is 12.5 Å². The monoisotopic (exact) mass is 412 g/mol. The fraction of sp³-hybridized carbons (Fsp3) is 0.350. The van der Waals surface area contributed by atoms with E-state index in [-0.39, 0.29) is 24.2 Å². The quantitative estimate of drug-likeness (QED) is 0.584. The van der Waals surface area contributed by atoms with E-state index in [9.17, 15) is 4.79 Å². The Bertz CT molecular complexity index is 679. The summed E-state index contributed by atoms with van der Waals surface area (Å²) >= 11 is 5.83. The van der Waals surface area contributed by atoms with Crippen LogP contribution in [-0.4, -0.2) is 32.7 Å². The number of amides is 1. The van der Waals surface area contributed by atoms with Crippen molar-refractivity contribution in [3.8, 4) is 11.5 Å². The summed E-state index contributed by atoms with van der Waals surface area (Å²) in [5.41, 5.74) is 1.03. The predicted octanol–water partition coefficient (Wildman–Crippen LogP) is 3.69. The molecule has 2 aromatic carbocycles. The molecule has 0 heterocycles. The number of nitrogens with one attached hydrogen (secondary N) is 2. The Kier molecular flexibility index (Phi) is 10.6. The largest absolute Gasteiger partial charge is 0.490 e. The molecule has 148 valence electrons. The molecule has 2 N–H and O–H groups in total. The Balaban J connectivity index is 0.00000364. The van der Waals surface area contributed by atoms with E-state index < -0.39 is 0 Å². The minimum absolute atomic E-state index is 0. The molecular formula is C20H26Cl2N2O3. The lowest BCUT2D eigenvalue weighted by atomic mass is 10.1. The molecule has 0 saturated heterocycles. The van der Waals surface area contributed by atoms with Gasteiger partial charge in [0.15, 0.2) is 0 Å². The van der Waals surface area contributed by atoms with Crippen LogP contribution >= 0.6 is 24.0 Å². The van der Waals surface area contributed by atoms with E-state index in [0.717, 1.165) is 17.1 Å². The number of hydrogen-bond acceptors (Lipinski definition) is 4. The minimum atomic E-state index is -0.0525. The molecular weight excluding hydrogens is 387 g/mol. The van der Waals surface area contributed by atoms with E-state index in [2.05, 4.69) is 10.6 Å². The fourth-order valence-corrected chi connectivity index (χ4v) is 2.44. The number of carbonyl (C=O) groups excluding carboxylic acids is 1. The van der Waals surface area contributed by atoms with Gasteiger partial charge in [0, 0.05) is 24.0 Å². The van der Waals surface area contributed by atoms with Crippen LogP contribution in [0.4, 0.5) is 0 Å². The summed E-state index contributed by atoms with van der Waals surface area (Å²) in [4.78, 5) is 11.9. The Morgan fingerprint density at radius 2 is 1.52 bits per heavy atom. The smallest absolute Gasteiger partial charge is 0.224 e. The van der Waals surface area contributed by atoms with Gasteiger partial charge in [0.2, 0.25) is 5.91 Å². The van der Waals surface area contributed by atoms with Crippen LogP contribution in [0.5, 0.6) is 11.5 Å². The van der Waals surface area contributed by atoms with Crippen molar-refractivity contribution in [3.05, 3.63) is 59.1 Å². The predicted molar refractivity (Wildman–Crippen MR) is 111 cm³/mol. The van der Waals surface area contributed by atoms with Gasteiger partial charge in [-0.25, -0.2) is 0 Å². The molecule has 7 heteroatoms. The standard InChI is InChI=1S/C20H25ClN2O3.ClH/c1-15(13-22-2)20(24)23-14-16-3-7-18(8-4-16)25-11-12-26-19-9-5-17(21)6-10-19;/h3-10,15,22H,11-14H2,1-2H3,(H,23,24);1H. The molecule has 1 atom stereocenters. The third-order valence-corrected chi connectivity index (χ3v) is 4.03. The first-order valence-electron chi connectivity index (χ1n) is 8.61. The van der Waals surface area contributed by atoms with E-state index in [1.54, 1.807) is 12.1 Å². The summed E-state index contributed by atoms with van der Waals surface area (Å²) in [5, 5.41) is 6.61. The van der Waals surface area contributed by atoms with Gasteiger partial charge in [-0.15, -0.1) is 12.4 Å². The van der Waals surface area contributed by atoms with Crippen molar-refractivity contribution in [2.45, 2.75) is 13.5 Å². The topological polar surface area (TPSA) is 59.6 Å². The summed E-state index contributed by atoms with van der Waals surface area (Å²) in [7, 11) is 1.84. The molecule has 0 saturated carbocycles. The van der Waals surface area contributed by atoms with Crippen LogP contribution in [0.15, 0.2) is 48.5 Å². The lowest BCUT2D eigenvalue weighted by Crippen LogP contribution is -2.33. The fourth-order valence-electron chi connectivity index (χ4n) is 2.32. The van der Waals surface area contributed by atoms with Crippen LogP contribution in [0, 0.1) is 5.92 Å².